The second-order valence-electron chi connectivity index (χ2n) is 12.9. The first-order chi connectivity index (χ1) is 24.4. The lowest BCUT2D eigenvalue weighted by molar-refractivity contribution is -0.112. The summed E-state index contributed by atoms with van der Waals surface area (Å²) >= 11 is -1.21. The quantitative estimate of drug-likeness (QED) is 0.0674. The van der Waals surface area contributed by atoms with Crippen molar-refractivity contribution in [3.8, 4) is 16.9 Å². The lowest BCUT2D eigenvalue weighted by atomic mass is 9.99. The Labute approximate surface area is 301 Å². The smallest absolute Gasteiger partial charge is 0.251 e. The molecule has 0 radical (unpaired) electrons. The number of nitrogens with zero attached hydrogens (tertiary/aromatic N) is 3. The summed E-state index contributed by atoms with van der Waals surface area (Å²) in [7, 11) is 0. The number of aromatic nitrogens is 2. The summed E-state index contributed by atoms with van der Waals surface area (Å²) in [6.45, 7) is 10.9. The number of hydrogen-bond acceptors (Lipinski definition) is 6. The van der Waals surface area contributed by atoms with Crippen molar-refractivity contribution < 1.29 is 18.8 Å². The highest BCUT2D eigenvalue weighted by molar-refractivity contribution is 7.90. The van der Waals surface area contributed by atoms with Gasteiger partial charge in [0, 0.05) is 43.2 Å². The largest absolute Gasteiger partial charge is 0.611 e. The van der Waals surface area contributed by atoms with Gasteiger partial charge in [0.2, 0.25) is 0 Å². The van der Waals surface area contributed by atoms with E-state index >= 15 is 0 Å². The normalized spacial score (nSPS) is 14.3. The minimum atomic E-state index is -1.21. The van der Waals surface area contributed by atoms with Gasteiger partial charge in [0.15, 0.2) is 10.6 Å². The average Bonchev–Trinajstić information content (AvgIpc) is 3.38. The van der Waals surface area contributed by atoms with E-state index in [1.165, 1.54) is 25.7 Å². The van der Waals surface area contributed by atoms with Crippen LogP contribution in [0.5, 0.6) is 5.75 Å². The van der Waals surface area contributed by atoms with Crippen LogP contribution in [0.2, 0.25) is 0 Å². The third-order valence-corrected chi connectivity index (χ3v) is 10.3. The number of hydrogen-bond donors (Lipinski definition) is 1. The molecule has 0 saturated carbocycles. The molecule has 1 saturated heterocycles. The molecule has 4 aromatic rings. The Morgan fingerprint density at radius 3 is 2.38 bits per heavy atom. The number of aryl methyl sites for hydroxylation is 1. The Morgan fingerprint density at radius 1 is 0.920 bits per heavy atom. The zero-order chi connectivity index (χ0) is 35.1. The van der Waals surface area contributed by atoms with Gasteiger partial charge in [-0.25, -0.2) is 4.98 Å². The molecule has 0 spiro atoms. The highest BCUT2D eigenvalue weighted by Crippen LogP contribution is 2.32. The molecule has 1 fully saturated rings. The second-order valence-corrected chi connectivity index (χ2v) is 14.3. The molecule has 1 atom stereocenters. The van der Waals surface area contributed by atoms with Crippen LogP contribution in [0.3, 0.4) is 0 Å². The minimum absolute atomic E-state index is 0.172. The van der Waals surface area contributed by atoms with Gasteiger partial charge in [0.25, 0.3) is 5.91 Å². The highest BCUT2D eigenvalue weighted by Gasteiger charge is 2.17. The topological polar surface area (TPSA) is 91.7 Å². The van der Waals surface area contributed by atoms with E-state index in [1.54, 1.807) is 12.5 Å². The molecular formula is C41H52N4O4S. The summed E-state index contributed by atoms with van der Waals surface area (Å²) in [6.07, 6.45) is 13.6. The molecule has 1 aliphatic heterocycles. The Balaban J connectivity index is 1.28. The number of anilines is 2. The van der Waals surface area contributed by atoms with E-state index in [4.69, 9.17) is 9.47 Å². The number of imidazole rings is 1. The van der Waals surface area contributed by atoms with Crippen molar-refractivity contribution >= 4 is 34.5 Å². The zero-order valence-corrected chi connectivity index (χ0v) is 30.7. The number of carbonyl (C=O) groups is 1. The molecule has 9 heteroatoms. The first-order valence-electron chi connectivity index (χ1n) is 18.1. The minimum Gasteiger partial charge on any atom is -0.611 e. The molecule has 50 heavy (non-hydrogen) atoms. The van der Waals surface area contributed by atoms with Crippen molar-refractivity contribution in [1.29, 1.82) is 0 Å². The van der Waals surface area contributed by atoms with Gasteiger partial charge in [0.1, 0.15) is 12.4 Å². The molecule has 2 heterocycles. The van der Waals surface area contributed by atoms with Crippen LogP contribution >= 0.6 is 0 Å². The lowest BCUT2D eigenvalue weighted by Crippen LogP contribution is -2.24. The van der Waals surface area contributed by atoms with Gasteiger partial charge in [-0.15, -0.1) is 0 Å². The van der Waals surface area contributed by atoms with Crippen molar-refractivity contribution in [3.63, 3.8) is 0 Å². The van der Waals surface area contributed by atoms with Gasteiger partial charge in [-0.2, -0.15) is 0 Å². The molecule has 1 amide bonds. The molecule has 0 unspecified atom stereocenters. The summed E-state index contributed by atoms with van der Waals surface area (Å²) in [5, 5.41) is 3.04. The lowest BCUT2D eigenvalue weighted by Gasteiger charge is -2.25. The molecule has 0 bridgehead atoms. The highest BCUT2D eigenvalue weighted by atomic mass is 32.2. The van der Waals surface area contributed by atoms with E-state index in [1.807, 2.05) is 54.0 Å². The van der Waals surface area contributed by atoms with Crippen LogP contribution in [0.4, 0.5) is 11.4 Å². The number of nitrogens with one attached hydrogen (secondary N) is 1. The molecule has 3 aromatic carbocycles. The van der Waals surface area contributed by atoms with Gasteiger partial charge in [-0.1, -0.05) is 51.3 Å². The Bertz CT molecular complexity index is 1660. The summed E-state index contributed by atoms with van der Waals surface area (Å²) in [4.78, 5) is 20.9. The predicted molar refractivity (Wildman–Crippen MR) is 205 cm³/mol. The van der Waals surface area contributed by atoms with Crippen molar-refractivity contribution in [1.82, 2.24) is 9.55 Å². The van der Waals surface area contributed by atoms with Gasteiger partial charge < -0.3 is 28.8 Å². The van der Waals surface area contributed by atoms with E-state index < -0.39 is 11.2 Å². The maximum Gasteiger partial charge on any atom is 0.251 e. The van der Waals surface area contributed by atoms with Crippen LogP contribution in [-0.2, 0) is 33.0 Å². The average molecular weight is 697 g/mol. The third-order valence-electron chi connectivity index (χ3n) is 8.95. The SMILES string of the molecule is CCCCOCCOc1ccc(-c2ccc(N3CCCCCC3)c(/C=C(\C)C(=O)Nc3ccc([S@@+]([O-])Cc4cncn4CCC)cc3)c2)cc1. The molecule has 0 aliphatic carbocycles. The van der Waals surface area contributed by atoms with Crippen LogP contribution < -0.4 is 15.0 Å². The van der Waals surface area contributed by atoms with Gasteiger partial charge in [-0.3, -0.25) is 4.79 Å². The molecule has 1 N–H and O–H groups in total. The number of carbonyl (C=O) groups excluding carboxylic acids is 1. The number of benzene rings is 3. The molecule has 1 aromatic heterocycles. The third kappa shape index (κ3) is 10.7. The van der Waals surface area contributed by atoms with Crippen LogP contribution in [0, 0.1) is 0 Å². The zero-order valence-electron chi connectivity index (χ0n) is 29.9. The fraction of sp³-hybridized carbons (Fsp3) is 0.415. The second kappa shape index (κ2) is 19.4. The number of rotatable bonds is 17. The van der Waals surface area contributed by atoms with E-state index in [0.29, 0.717) is 30.2 Å². The van der Waals surface area contributed by atoms with Crippen LogP contribution in [0.15, 0.2) is 89.7 Å². The molecule has 1 aliphatic rings. The molecule has 266 valence electrons. The van der Waals surface area contributed by atoms with Crippen LogP contribution in [0.25, 0.3) is 17.2 Å². The molecular weight excluding hydrogens is 645 g/mol. The fourth-order valence-electron chi connectivity index (χ4n) is 6.11. The van der Waals surface area contributed by atoms with Gasteiger partial charge >= 0.3 is 0 Å². The van der Waals surface area contributed by atoms with E-state index in [-0.39, 0.29) is 5.91 Å². The predicted octanol–water partition coefficient (Wildman–Crippen LogP) is 8.89. The number of amides is 1. The van der Waals surface area contributed by atoms with E-state index in [9.17, 15) is 9.35 Å². The summed E-state index contributed by atoms with van der Waals surface area (Å²) in [6, 6.07) is 22.0. The van der Waals surface area contributed by atoms with E-state index in [0.717, 1.165) is 84.2 Å². The van der Waals surface area contributed by atoms with Crippen LogP contribution in [-0.4, -0.2) is 52.9 Å². The van der Waals surface area contributed by atoms with Crippen molar-refractivity contribution in [2.24, 2.45) is 0 Å². The van der Waals surface area contributed by atoms with Crippen molar-refractivity contribution in [2.45, 2.75) is 82.9 Å². The standard InChI is InChI=1S/C41H52N4O4S/c1-4-6-24-48-25-26-49-38-16-11-33(12-17-38)34-13-20-40(44-22-9-7-8-10-23-44)35(28-34)27-32(3)41(46)43-36-14-18-39(19-15-36)50(47)30-37-29-42-31-45(37)21-5-2/h11-20,27-29,31H,4-10,21-26,30H2,1-3H3,(H,43,46)/b32-27+/t50-/m0/s1. The first kappa shape index (κ1) is 37.2. The van der Waals surface area contributed by atoms with Gasteiger partial charge in [-0.05, 0) is 115 Å². The molecule has 5 rings (SSSR count). The summed E-state index contributed by atoms with van der Waals surface area (Å²) in [5.74, 6) is 1.05. The summed E-state index contributed by atoms with van der Waals surface area (Å²) in [5.41, 5.74) is 6.57. The maximum absolute atomic E-state index is 13.5. The number of unbranched alkanes of at least 4 members (excludes halogenated alkanes) is 1. The Hall–Kier alpha value is -4.05. The Morgan fingerprint density at radius 2 is 1.66 bits per heavy atom. The van der Waals surface area contributed by atoms with Crippen LogP contribution in [0.1, 0.15) is 77.0 Å². The van der Waals surface area contributed by atoms with Crippen molar-refractivity contribution in [3.05, 3.63) is 96.1 Å². The monoisotopic (exact) mass is 696 g/mol. The van der Waals surface area contributed by atoms with Crippen molar-refractivity contribution in [2.75, 3.05) is 43.1 Å². The number of ether oxygens (including phenoxy) is 2. The Kier molecular flexibility index (Phi) is 14.4. The molecule has 8 nitrogen and oxygen atoms in total. The van der Waals surface area contributed by atoms with E-state index in [2.05, 4.69) is 59.4 Å². The summed E-state index contributed by atoms with van der Waals surface area (Å²) < 4.78 is 26.6. The first-order valence-corrected chi connectivity index (χ1v) is 19.4. The van der Waals surface area contributed by atoms with Gasteiger partial charge in [0.05, 0.1) is 24.8 Å². The fourth-order valence-corrected chi connectivity index (χ4v) is 7.22. The maximum atomic E-state index is 13.5.